The Labute approximate surface area is 157 Å². The second-order valence-corrected chi connectivity index (χ2v) is 6.91. The Morgan fingerprint density at radius 1 is 1.26 bits per heavy atom. The highest BCUT2D eigenvalue weighted by Gasteiger charge is 2.26. The third-order valence-electron chi connectivity index (χ3n) is 4.63. The van der Waals surface area contributed by atoms with Crippen LogP contribution in [0, 0.1) is 10.1 Å². The molecule has 142 valence electrons. The number of nitro groups is 1. The Kier molecular flexibility index (Phi) is 5.63. The number of piperidine rings is 1. The van der Waals surface area contributed by atoms with Crippen LogP contribution < -0.4 is 0 Å². The number of likely N-dealkylation sites (tertiary alicyclic amines) is 1. The minimum atomic E-state index is -0.448. The summed E-state index contributed by atoms with van der Waals surface area (Å²) in [6.07, 6.45) is 4.75. The number of nitrogens with zero attached hydrogens (tertiary/aromatic N) is 4. The van der Waals surface area contributed by atoms with Gasteiger partial charge >= 0.3 is 0 Å². The first-order valence-electron chi connectivity index (χ1n) is 8.99. The van der Waals surface area contributed by atoms with Crippen LogP contribution in [0.3, 0.4) is 0 Å². The predicted octanol–water partition coefficient (Wildman–Crippen LogP) is 3.52. The lowest BCUT2D eigenvalue weighted by Gasteiger charge is -2.29. The molecule has 0 saturated carbocycles. The summed E-state index contributed by atoms with van der Waals surface area (Å²) in [6, 6.07) is 6.09. The van der Waals surface area contributed by atoms with E-state index >= 15 is 0 Å². The Balaban J connectivity index is 1.54. The monoisotopic (exact) mass is 370 g/mol. The van der Waals surface area contributed by atoms with E-state index in [4.69, 9.17) is 4.42 Å². The normalized spacial score (nSPS) is 15.6. The van der Waals surface area contributed by atoms with Gasteiger partial charge in [-0.15, -0.1) is 10.2 Å². The van der Waals surface area contributed by atoms with Gasteiger partial charge in [-0.25, -0.2) is 0 Å². The molecule has 1 aliphatic rings. The minimum Gasteiger partial charge on any atom is -0.425 e. The van der Waals surface area contributed by atoms with E-state index in [0.29, 0.717) is 24.9 Å². The van der Waals surface area contributed by atoms with Crippen molar-refractivity contribution in [3.63, 3.8) is 0 Å². The number of aromatic nitrogens is 2. The maximum Gasteiger partial charge on any atom is 0.269 e. The van der Waals surface area contributed by atoms with Gasteiger partial charge in [-0.3, -0.25) is 14.9 Å². The summed E-state index contributed by atoms with van der Waals surface area (Å²) in [4.78, 5) is 24.4. The van der Waals surface area contributed by atoms with Crippen LogP contribution in [0.2, 0.25) is 0 Å². The van der Waals surface area contributed by atoms with Gasteiger partial charge in [-0.05, 0) is 36.6 Å². The molecule has 0 unspecified atom stereocenters. The third-order valence-corrected chi connectivity index (χ3v) is 4.63. The van der Waals surface area contributed by atoms with Gasteiger partial charge in [0.25, 0.3) is 5.69 Å². The Morgan fingerprint density at radius 2 is 1.93 bits per heavy atom. The second-order valence-electron chi connectivity index (χ2n) is 6.91. The van der Waals surface area contributed by atoms with Crippen LogP contribution >= 0.6 is 0 Å². The van der Waals surface area contributed by atoms with Crippen molar-refractivity contribution >= 4 is 17.7 Å². The van der Waals surface area contributed by atoms with E-state index in [1.165, 1.54) is 18.2 Å². The van der Waals surface area contributed by atoms with Gasteiger partial charge in [-0.2, -0.15) is 0 Å². The van der Waals surface area contributed by atoms with Crippen LogP contribution in [0.4, 0.5) is 5.69 Å². The molecule has 1 saturated heterocycles. The van der Waals surface area contributed by atoms with Crippen LogP contribution in [0.1, 0.15) is 55.9 Å². The summed E-state index contributed by atoms with van der Waals surface area (Å²) in [5, 5.41) is 18.9. The highest BCUT2D eigenvalue weighted by atomic mass is 16.6. The summed E-state index contributed by atoms with van der Waals surface area (Å²) in [5.41, 5.74) is 0.776. The number of benzene rings is 1. The maximum absolute atomic E-state index is 12.4. The van der Waals surface area contributed by atoms with Crippen molar-refractivity contribution in [2.75, 3.05) is 13.1 Å². The van der Waals surface area contributed by atoms with Crippen LogP contribution in [0.15, 0.2) is 34.8 Å². The van der Waals surface area contributed by atoms with Crippen LogP contribution in [-0.2, 0) is 4.79 Å². The van der Waals surface area contributed by atoms with E-state index in [1.807, 2.05) is 13.8 Å². The fourth-order valence-electron chi connectivity index (χ4n) is 2.97. The van der Waals surface area contributed by atoms with Crippen molar-refractivity contribution < 1.29 is 14.1 Å². The molecule has 2 aromatic rings. The van der Waals surface area contributed by atoms with Crippen molar-refractivity contribution in [2.24, 2.45) is 0 Å². The molecule has 0 spiro atoms. The van der Waals surface area contributed by atoms with Gasteiger partial charge in [0.2, 0.25) is 17.7 Å². The number of amides is 1. The Hall–Kier alpha value is -3.03. The Morgan fingerprint density at radius 3 is 2.48 bits per heavy atom. The quantitative estimate of drug-likeness (QED) is 0.453. The average Bonchev–Trinajstić information content (AvgIpc) is 3.17. The number of non-ortho nitro benzene ring substituents is 1. The highest BCUT2D eigenvalue weighted by Crippen LogP contribution is 2.28. The molecule has 1 aliphatic heterocycles. The van der Waals surface area contributed by atoms with Crippen molar-refractivity contribution in [1.29, 1.82) is 0 Å². The molecule has 1 fully saturated rings. The zero-order valence-electron chi connectivity index (χ0n) is 15.4. The summed E-state index contributed by atoms with van der Waals surface area (Å²) < 4.78 is 5.72. The predicted molar refractivity (Wildman–Crippen MR) is 99.1 cm³/mol. The van der Waals surface area contributed by atoms with E-state index in [1.54, 1.807) is 23.1 Å². The molecular weight excluding hydrogens is 348 g/mol. The first-order chi connectivity index (χ1) is 12.9. The van der Waals surface area contributed by atoms with Gasteiger partial charge in [-0.1, -0.05) is 13.8 Å². The first-order valence-corrected chi connectivity index (χ1v) is 8.99. The van der Waals surface area contributed by atoms with Crippen molar-refractivity contribution in [2.45, 2.75) is 38.5 Å². The topological polar surface area (TPSA) is 102 Å². The lowest BCUT2D eigenvalue weighted by Crippen LogP contribution is -2.36. The smallest absolute Gasteiger partial charge is 0.269 e. The molecule has 3 rings (SSSR count). The fraction of sp³-hybridized carbons (Fsp3) is 0.421. The summed E-state index contributed by atoms with van der Waals surface area (Å²) in [7, 11) is 0. The molecule has 0 N–H and O–H groups in total. The summed E-state index contributed by atoms with van der Waals surface area (Å²) in [5.74, 6) is 1.63. The molecule has 1 aromatic heterocycles. The molecule has 0 bridgehead atoms. The van der Waals surface area contributed by atoms with Crippen LogP contribution in [0.5, 0.6) is 0 Å². The van der Waals surface area contributed by atoms with Gasteiger partial charge < -0.3 is 9.32 Å². The zero-order valence-corrected chi connectivity index (χ0v) is 15.4. The molecule has 1 aromatic carbocycles. The van der Waals surface area contributed by atoms with Gasteiger partial charge in [0.05, 0.1) is 4.92 Å². The standard InChI is InChI=1S/C19H22N4O4/c1-13(2)18-20-21-19(27-18)15-9-11-22(12-10-15)17(24)8-5-14-3-6-16(7-4-14)23(25)26/h3-8,13,15H,9-12H2,1-2H3. The van der Waals surface area contributed by atoms with Crippen LogP contribution in [0.25, 0.3) is 6.08 Å². The second kappa shape index (κ2) is 8.11. The lowest BCUT2D eigenvalue weighted by atomic mass is 9.97. The van der Waals surface area contributed by atoms with E-state index in [-0.39, 0.29) is 23.4 Å². The number of hydrogen-bond acceptors (Lipinski definition) is 6. The molecule has 8 heteroatoms. The maximum atomic E-state index is 12.4. The molecule has 27 heavy (non-hydrogen) atoms. The summed E-state index contributed by atoms with van der Waals surface area (Å²) >= 11 is 0. The molecule has 1 amide bonds. The third kappa shape index (κ3) is 4.58. The van der Waals surface area contributed by atoms with Crippen molar-refractivity contribution in [3.05, 3.63) is 57.8 Å². The number of carbonyl (C=O) groups excluding carboxylic acids is 1. The zero-order chi connectivity index (χ0) is 19.4. The van der Waals surface area contributed by atoms with Gasteiger partial charge in [0.1, 0.15) is 0 Å². The highest BCUT2D eigenvalue weighted by molar-refractivity contribution is 5.91. The summed E-state index contributed by atoms with van der Waals surface area (Å²) in [6.45, 7) is 5.28. The lowest BCUT2D eigenvalue weighted by molar-refractivity contribution is -0.384. The number of hydrogen-bond donors (Lipinski definition) is 0. The van der Waals surface area contributed by atoms with Crippen LogP contribution in [-0.4, -0.2) is 39.0 Å². The first kappa shape index (κ1) is 18.8. The number of carbonyl (C=O) groups is 1. The SMILES string of the molecule is CC(C)c1nnc(C2CCN(C(=O)C=Cc3ccc([N+](=O)[O-])cc3)CC2)o1. The van der Waals surface area contributed by atoms with E-state index < -0.39 is 4.92 Å². The van der Waals surface area contributed by atoms with E-state index in [2.05, 4.69) is 10.2 Å². The van der Waals surface area contributed by atoms with Crippen molar-refractivity contribution in [1.82, 2.24) is 15.1 Å². The van der Waals surface area contributed by atoms with E-state index in [0.717, 1.165) is 18.4 Å². The number of rotatable bonds is 5. The molecule has 0 radical (unpaired) electrons. The minimum absolute atomic E-state index is 0.0298. The Bertz CT molecular complexity index is 834. The van der Waals surface area contributed by atoms with E-state index in [9.17, 15) is 14.9 Å². The molecule has 0 atom stereocenters. The fourth-order valence-corrected chi connectivity index (χ4v) is 2.97. The molecule has 8 nitrogen and oxygen atoms in total. The molecule has 2 heterocycles. The van der Waals surface area contributed by atoms with Crippen molar-refractivity contribution in [3.8, 4) is 0 Å². The largest absolute Gasteiger partial charge is 0.425 e. The average molecular weight is 370 g/mol. The number of nitro benzene ring substituents is 1. The van der Waals surface area contributed by atoms with Gasteiger partial charge in [0.15, 0.2) is 0 Å². The van der Waals surface area contributed by atoms with Gasteiger partial charge in [0, 0.05) is 43.1 Å². The molecular formula is C19H22N4O4. The molecule has 0 aliphatic carbocycles.